The van der Waals surface area contributed by atoms with Crippen molar-refractivity contribution in [3.63, 3.8) is 0 Å². The number of nitrogens with one attached hydrogen (secondary N) is 3. The number of nitrogens with zero attached hydrogens (tertiary/aromatic N) is 4. The highest BCUT2D eigenvalue weighted by molar-refractivity contribution is 5.99. The van der Waals surface area contributed by atoms with Gasteiger partial charge in [-0.05, 0) is 32.0 Å². The molecule has 0 bridgehead atoms. The third-order valence-corrected chi connectivity index (χ3v) is 5.33. The number of hydrogen-bond acceptors (Lipinski definition) is 8. The predicted octanol–water partition coefficient (Wildman–Crippen LogP) is 3.75. The Hall–Kier alpha value is -3.98. The molecule has 0 unspecified atom stereocenters. The molecule has 3 aromatic rings. The van der Waals surface area contributed by atoms with Gasteiger partial charge in [0.05, 0.1) is 33.4 Å². The largest absolute Gasteiger partial charge is 0.405 e. The standard InChI is InChI=1S/C23H24F3N7O2/c1-13(22(2,3)35)9-30-21(34)15-11-29-20(7-17(15)31-12-23(24,25)26)33-19-5-4-16-18(32-19)6-14(8-27)10-28-16/h4-7,10-11,13,35H,9,12H2,1-3H3,(H,30,34)(H2,29,31,32,33)/t13-/m1/s1. The molecule has 0 spiro atoms. The van der Waals surface area contributed by atoms with E-state index in [0.717, 1.165) is 6.20 Å². The van der Waals surface area contributed by atoms with Gasteiger partial charge in [0.2, 0.25) is 0 Å². The van der Waals surface area contributed by atoms with E-state index in [-0.39, 0.29) is 29.5 Å². The van der Waals surface area contributed by atoms with E-state index in [0.29, 0.717) is 22.4 Å². The van der Waals surface area contributed by atoms with E-state index in [1.54, 1.807) is 39.0 Å². The van der Waals surface area contributed by atoms with Crippen LogP contribution in [0.3, 0.4) is 0 Å². The summed E-state index contributed by atoms with van der Waals surface area (Å²) in [5, 5.41) is 26.8. The van der Waals surface area contributed by atoms with Crippen LogP contribution < -0.4 is 16.0 Å². The Labute approximate surface area is 199 Å². The maximum atomic E-state index is 12.9. The molecule has 0 radical (unpaired) electrons. The first-order valence-corrected chi connectivity index (χ1v) is 10.6. The molecule has 9 nitrogen and oxygen atoms in total. The second-order valence-corrected chi connectivity index (χ2v) is 8.54. The summed E-state index contributed by atoms with van der Waals surface area (Å²) in [5.41, 5.74) is 0.115. The van der Waals surface area contributed by atoms with Gasteiger partial charge in [0.25, 0.3) is 5.91 Å². The quantitative estimate of drug-likeness (QED) is 0.377. The fraction of sp³-hybridized carbons (Fsp3) is 0.348. The van der Waals surface area contributed by atoms with Crippen LogP contribution in [-0.2, 0) is 0 Å². The molecule has 1 amide bonds. The van der Waals surface area contributed by atoms with Gasteiger partial charge in [-0.2, -0.15) is 18.4 Å². The summed E-state index contributed by atoms with van der Waals surface area (Å²) in [5.74, 6) is -0.474. The Bertz CT molecular complexity index is 1270. The molecule has 35 heavy (non-hydrogen) atoms. The van der Waals surface area contributed by atoms with E-state index in [1.807, 2.05) is 6.07 Å². The van der Waals surface area contributed by atoms with Gasteiger partial charge >= 0.3 is 6.18 Å². The van der Waals surface area contributed by atoms with E-state index >= 15 is 0 Å². The Kier molecular flexibility index (Phi) is 7.40. The lowest BCUT2D eigenvalue weighted by atomic mass is 9.93. The zero-order valence-electron chi connectivity index (χ0n) is 19.2. The number of alkyl halides is 3. The van der Waals surface area contributed by atoms with E-state index in [9.17, 15) is 23.1 Å². The average Bonchev–Trinajstić information content (AvgIpc) is 2.79. The smallest absolute Gasteiger partial charge is 0.390 e. The van der Waals surface area contributed by atoms with Crippen molar-refractivity contribution in [2.75, 3.05) is 23.7 Å². The Morgan fingerprint density at radius 1 is 1.14 bits per heavy atom. The van der Waals surface area contributed by atoms with Crippen molar-refractivity contribution >= 4 is 34.3 Å². The van der Waals surface area contributed by atoms with Crippen LogP contribution in [0, 0.1) is 17.2 Å². The first-order valence-electron chi connectivity index (χ1n) is 10.6. The molecule has 3 heterocycles. The summed E-state index contributed by atoms with van der Waals surface area (Å²) in [6.07, 6.45) is -1.93. The van der Waals surface area contributed by atoms with Gasteiger partial charge in [-0.1, -0.05) is 6.92 Å². The van der Waals surface area contributed by atoms with Crippen molar-refractivity contribution in [1.82, 2.24) is 20.3 Å². The minimum atomic E-state index is -4.51. The number of halogens is 3. The summed E-state index contributed by atoms with van der Waals surface area (Å²) < 4.78 is 38.6. The normalized spacial score (nSPS) is 12.6. The Morgan fingerprint density at radius 3 is 2.54 bits per heavy atom. The van der Waals surface area contributed by atoms with Crippen LogP contribution in [0.25, 0.3) is 11.0 Å². The minimum Gasteiger partial charge on any atom is -0.390 e. The zero-order valence-corrected chi connectivity index (χ0v) is 19.2. The topological polar surface area (TPSA) is 136 Å². The lowest BCUT2D eigenvalue weighted by molar-refractivity contribution is -0.115. The molecule has 1 atom stereocenters. The maximum absolute atomic E-state index is 12.9. The molecule has 3 rings (SSSR count). The number of pyridine rings is 3. The highest BCUT2D eigenvalue weighted by Gasteiger charge is 2.28. The summed E-state index contributed by atoms with van der Waals surface area (Å²) in [7, 11) is 0. The number of amides is 1. The van der Waals surface area contributed by atoms with Crippen LogP contribution in [0.1, 0.15) is 36.7 Å². The van der Waals surface area contributed by atoms with Gasteiger partial charge < -0.3 is 21.1 Å². The predicted molar refractivity (Wildman–Crippen MR) is 124 cm³/mol. The van der Waals surface area contributed by atoms with Crippen molar-refractivity contribution in [3.05, 3.63) is 47.8 Å². The van der Waals surface area contributed by atoms with Gasteiger partial charge in [0.1, 0.15) is 24.2 Å². The van der Waals surface area contributed by atoms with Gasteiger partial charge in [0.15, 0.2) is 0 Å². The van der Waals surface area contributed by atoms with Crippen molar-refractivity contribution in [2.24, 2.45) is 5.92 Å². The summed E-state index contributed by atoms with van der Waals surface area (Å²) in [6, 6.07) is 8.07. The lowest BCUT2D eigenvalue weighted by Gasteiger charge is -2.26. The number of aliphatic hydroxyl groups is 1. The van der Waals surface area contributed by atoms with Gasteiger partial charge in [0, 0.05) is 30.9 Å². The van der Waals surface area contributed by atoms with E-state index in [4.69, 9.17) is 5.26 Å². The van der Waals surface area contributed by atoms with Gasteiger partial charge in [-0.15, -0.1) is 0 Å². The lowest BCUT2D eigenvalue weighted by Crippen LogP contribution is -2.39. The van der Waals surface area contributed by atoms with Crippen molar-refractivity contribution < 1.29 is 23.1 Å². The number of anilines is 3. The van der Waals surface area contributed by atoms with E-state index < -0.39 is 24.2 Å². The molecule has 4 N–H and O–H groups in total. The number of nitriles is 1. The molecular formula is C23H24F3N7O2. The molecule has 0 fully saturated rings. The summed E-state index contributed by atoms with van der Waals surface area (Å²) in [6.45, 7) is 3.69. The van der Waals surface area contributed by atoms with Crippen LogP contribution >= 0.6 is 0 Å². The Balaban J connectivity index is 1.85. The van der Waals surface area contributed by atoms with Gasteiger partial charge in [-0.25, -0.2) is 9.97 Å². The SMILES string of the molecule is C[C@H](CNC(=O)c1cnc(Nc2ccc3ncc(C#N)cc3n2)cc1NCC(F)(F)F)C(C)(C)O. The van der Waals surface area contributed by atoms with Gasteiger partial charge in [-0.3, -0.25) is 9.78 Å². The average molecular weight is 487 g/mol. The highest BCUT2D eigenvalue weighted by Crippen LogP contribution is 2.25. The molecule has 0 saturated heterocycles. The minimum absolute atomic E-state index is 0.0811. The third-order valence-electron chi connectivity index (χ3n) is 5.33. The monoisotopic (exact) mass is 487 g/mol. The molecule has 0 aliphatic carbocycles. The van der Waals surface area contributed by atoms with Crippen LogP contribution in [0.2, 0.25) is 0 Å². The first kappa shape index (κ1) is 25.6. The number of aromatic nitrogens is 3. The summed E-state index contributed by atoms with van der Waals surface area (Å²) in [4.78, 5) is 25.3. The zero-order chi connectivity index (χ0) is 25.8. The Morgan fingerprint density at radius 2 is 1.89 bits per heavy atom. The van der Waals surface area contributed by atoms with Crippen molar-refractivity contribution in [1.29, 1.82) is 5.26 Å². The fourth-order valence-corrected chi connectivity index (χ4v) is 2.91. The van der Waals surface area contributed by atoms with Crippen LogP contribution in [0.4, 0.5) is 30.5 Å². The molecule has 0 aromatic carbocycles. The van der Waals surface area contributed by atoms with E-state index in [2.05, 4.69) is 30.9 Å². The van der Waals surface area contributed by atoms with E-state index in [1.165, 1.54) is 12.3 Å². The number of rotatable bonds is 8. The van der Waals surface area contributed by atoms with Crippen LogP contribution in [-0.4, -0.2) is 50.8 Å². The van der Waals surface area contributed by atoms with Crippen molar-refractivity contribution in [3.8, 4) is 6.07 Å². The number of carbonyl (C=O) groups is 1. The number of hydrogen-bond donors (Lipinski definition) is 4. The second kappa shape index (κ2) is 10.1. The number of carbonyl (C=O) groups excluding carboxylic acids is 1. The molecule has 0 saturated carbocycles. The third kappa shape index (κ3) is 7.00. The molecule has 0 aliphatic heterocycles. The molecule has 3 aromatic heterocycles. The number of fused-ring (bicyclic) bond motifs is 1. The second-order valence-electron chi connectivity index (χ2n) is 8.54. The molecular weight excluding hydrogens is 463 g/mol. The highest BCUT2D eigenvalue weighted by atomic mass is 19.4. The van der Waals surface area contributed by atoms with Crippen LogP contribution in [0.15, 0.2) is 36.7 Å². The molecule has 12 heteroatoms. The fourth-order valence-electron chi connectivity index (χ4n) is 2.91. The maximum Gasteiger partial charge on any atom is 0.405 e. The van der Waals surface area contributed by atoms with Crippen molar-refractivity contribution in [2.45, 2.75) is 32.5 Å². The molecule has 184 valence electrons. The molecule has 0 aliphatic rings. The van der Waals surface area contributed by atoms with Crippen LogP contribution in [0.5, 0.6) is 0 Å². The first-order chi connectivity index (χ1) is 16.4. The summed E-state index contributed by atoms with van der Waals surface area (Å²) >= 11 is 0.